The van der Waals surface area contributed by atoms with Gasteiger partial charge in [-0.25, -0.2) is 4.98 Å². The number of aromatic amines is 1. The van der Waals surface area contributed by atoms with Gasteiger partial charge in [0.1, 0.15) is 5.82 Å². The number of benzene rings is 1. The van der Waals surface area contributed by atoms with Crippen molar-refractivity contribution < 1.29 is 13.2 Å². The van der Waals surface area contributed by atoms with Gasteiger partial charge in [0.05, 0.1) is 12.1 Å². The number of aromatic nitrogens is 2. The van der Waals surface area contributed by atoms with Crippen LogP contribution < -0.4 is 0 Å². The lowest BCUT2D eigenvalue weighted by Crippen LogP contribution is -2.40. The average Bonchev–Trinajstić information content (AvgIpc) is 3.12. The highest BCUT2D eigenvalue weighted by Gasteiger charge is 2.30. The minimum Gasteiger partial charge on any atom is -0.348 e. The maximum absolute atomic E-state index is 12.8. The maximum Gasteiger partial charge on any atom is 0.416 e. The van der Waals surface area contributed by atoms with Gasteiger partial charge in [-0.2, -0.15) is 13.2 Å². The van der Waals surface area contributed by atoms with E-state index in [0.29, 0.717) is 12.3 Å². The van der Waals surface area contributed by atoms with Crippen LogP contribution in [0.25, 0.3) is 0 Å². The van der Waals surface area contributed by atoms with Crippen LogP contribution in [0.5, 0.6) is 0 Å². The molecule has 27 heavy (non-hydrogen) atoms. The first-order chi connectivity index (χ1) is 12.9. The van der Waals surface area contributed by atoms with E-state index in [1.54, 1.807) is 12.3 Å². The number of likely N-dealkylation sites (tertiary alicyclic amines) is 1. The van der Waals surface area contributed by atoms with Gasteiger partial charge in [-0.3, -0.25) is 4.90 Å². The molecule has 4 nitrogen and oxygen atoms in total. The number of nitrogens with one attached hydrogen (secondary N) is 1. The Balaban J connectivity index is 1.47. The second kappa shape index (κ2) is 8.89. The highest BCUT2D eigenvalue weighted by atomic mass is 19.4. The minimum absolute atomic E-state index is 0.559. The van der Waals surface area contributed by atoms with E-state index in [4.69, 9.17) is 0 Å². The fourth-order valence-corrected chi connectivity index (χ4v) is 3.84. The summed E-state index contributed by atoms with van der Waals surface area (Å²) in [6.45, 7) is 4.63. The number of rotatable bonds is 7. The Kier molecular flexibility index (Phi) is 6.55. The molecule has 3 rings (SSSR count). The van der Waals surface area contributed by atoms with Gasteiger partial charge in [-0.1, -0.05) is 18.2 Å². The Morgan fingerprint density at radius 1 is 1.33 bits per heavy atom. The summed E-state index contributed by atoms with van der Waals surface area (Å²) in [7, 11) is 2.10. The van der Waals surface area contributed by atoms with Crippen molar-refractivity contribution in [3.05, 3.63) is 53.6 Å². The molecule has 7 heteroatoms. The number of H-pyrrole nitrogens is 1. The van der Waals surface area contributed by atoms with Crippen molar-refractivity contribution in [2.75, 3.05) is 33.2 Å². The molecule has 1 aliphatic rings. The molecule has 0 radical (unpaired) electrons. The van der Waals surface area contributed by atoms with Crippen molar-refractivity contribution in [3.8, 4) is 0 Å². The normalized spacial score (nSPS) is 18.9. The van der Waals surface area contributed by atoms with Gasteiger partial charge in [-0.15, -0.1) is 0 Å². The Hall–Kier alpha value is -1.86. The van der Waals surface area contributed by atoms with Crippen molar-refractivity contribution in [2.45, 2.75) is 32.0 Å². The van der Waals surface area contributed by atoms with E-state index in [1.807, 2.05) is 6.20 Å². The Bertz CT molecular complexity index is 700. The second-order valence-electron chi connectivity index (χ2n) is 7.49. The van der Waals surface area contributed by atoms with Crippen LogP contribution in [0, 0.1) is 5.92 Å². The fourth-order valence-electron chi connectivity index (χ4n) is 3.84. The summed E-state index contributed by atoms with van der Waals surface area (Å²) in [5.74, 6) is 1.55. The summed E-state index contributed by atoms with van der Waals surface area (Å²) >= 11 is 0. The van der Waals surface area contributed by atoms with Gasteiger partial charge in [0.2, 0.25) is 0 Å². The second-order valence-corrected chi connectivity index (χ2v) is 7.49. The highest BCUT2D eigenvalue weighted by molar-refractivity contribution is 5.25. The van der Waals surface area contributed by atoms with Crippen LogP contribution in [-0.4, -0.2) is 53.0 Å². The zero-order valence-corrected chi connectivity index (χ0v) is 15.7. The summed E-state index contributed by atoms with van der Waals surface area (Å²) < 4.78 is 38.5. The van der Waals surface area contributed by atoms with Gasteiger partial charge in [0.15, 0.2) is 0 Å². The van der Waals surface area contributed by atoms with Crippen molar-refractivity contribution in [3.63, 3.8) is 0 Å². The highest BCUT2D eigenvalue weighted by Crippen LogP contribution is 2.29. The number of halogens is 3. The molecule has 0 saturated carbocycles. The summed E-state index contributed by atoms with van der Waals surface area (Å²) in [4.78, 5) is 12.0. The molecule has 1 aromatic heterocycles. The topological polar surface area (TPSA) is 35.2 Å². The third kappa shape index (κ3) is 6.07. The molecule has 1 N–H and O–H groups in total. The monoisotopic (exact) mass is 380 g/mol. The van der Waals surface area contributed by atoms with E-state index in [-0.39, 0.29) is 0 Å². The zero-order valence-electron chi connectivity index (χ0n) is 15.7. The molecule has 1 saturated heterocycles. The maximum atomic E-state index is 12.8. The summed E-state index contributed by atoms with van der Waals surface area (Å²) in [6, 6.07) is 5.70. The SMILES string of the molecule is CN(Cc1ncc[nH]1)CC1CCCN(CCc2cccc(C(F)(F)F)c2)C1. The van der Waals surface area contributed by atoms with Gasteiger partial charge < -0.3 is 9.88 Å². The summed E-state index contributed by atoms with van der Waals surface area (Å²) in [5.41, 5.74) is 0.193. The predicted octanol–water partition coefficient (Wildman–Crippen LogP) is 3.82. The van der Waals surface area contributed by atoms with Crippen LogP contribution in [0.3, 0.4) is 0 Å². The molecule has 1 aromatic carbocycles. The van der Waals surface area contributed by atoms with E-state index in [2.05, 4.69) is 26.8 Å². The van der Waals surface area contributed by atoms with Crippen LogP contribution in [0.15, 0.2) is 36.7 Å². The molecular formula is C20H27F3N4. The largest absolute Gasteiger partial charge is 0.416 e. The van der Waals surface area contributed by atoms with Crippen LogP contribution in [0.2, 0.25) is 0 Å². The number of nitrogens with zero attached hydrogens (tertiary/aromatic N) is 3. The third-order valence-electron chi connectivity index (χ3n) is 5.12. The molecule has 0 aliphatic carbocycles. The summed E-state index contributed by atoms with van der Waals surface area (Å²) in [5, 5.41) is 0. The molecule has 1 aliphatic heterocycles. The molecule has 148 valence electrons. The molecule has 2 heterocycles. The lowest BCUT2D eigenvalue weighted by atomic mass is 9.97. The van der Waals surface area contributed by atoms with Crippen molar-refractivity contribution in [1.82, 2.24) is 19.8 Å². The zero-order chi connectivity index (χ0) is 19.3. The van der Waals surface area contributed by atoms with Crippen LogP contribution in [0.1, 0.15) is 29.8 Å². The predicted molar refractivity (Wildman–Crippen MR) is 99.2 cm³/mol. The average molecular weight is 380 g/mol. The van der Waals surface area contributed by atoms with Crippen molar-refractivity contribution >= 4 is 0 Å². The lowest BCUT2D eigenvalue weighted by molar-refractivity contribution is -0.137. The Morgan fingerprint density at radius 3 is 2.93 bits per heavy atom. The van der Waals surface area contributed by atoms with Gasteiger partial charge in [-0.05, 0) is 50.4 Å². The van der Waals surface area contributed by atoms with E-state index in [0.717, 1.165) is 56.6 Å². The first kappa shape index (κ1) is 19.9. The Labute approximate surface area is 158 Å². The molecule has 0 amide bonds. The van der Waals surface area contributed by atoms with E-state index >= 15 is 0 Å². The minimum atomic E-state index is -4.27. The van der Waals surface area contributed by atoms with E-state index < -0.39 is 11.7 Å². The smallest absolute Gasteiger partial charge is 0.348 e. The van der Waals surface area contributed by atoms with Crippen LogP contribution in [-0.2, 0) is 19.1 Å². The first-order valence-electron chi connectivity index (χ1n) is 9.45. The molecular weight excluding hydrogens is 353 g/mol. The number of hydrogen-bond donors (Lipinski definition) is 1. The molecule has 1 fully saturated rings. The fraction of sp³-hybridized carbons (Fsp3) is 0.550. The number of hydrogen-bond acceptors (Lipinski definition) is 3. The molecule has 1 unspecified atom stereocenters. The van der Waals surface area contributed by atoms with Crippen LogP contribution >= 0.6 is 0 Å². The van der Waals surface area contributed by atoms with Crippen molar-refractivity contribution in [2.24, 2.45) is 5.92 Å². The lowest BCUT2D eigenvalue weighted by Gasteiger charge is -2.34. The molecule has 2 aromatic rings. The quantitative estimate of drug-likeness (QED) is 0.793. The summed E-state index contributed by atoms with van der Waals surface area (Å²) in [6.07, 6.45) is 2.31. The van der Waals surface area contributed by atoms with Gasteiger partial charge >= 0.3 is 6.18 Å². The van der Waals surface area contributed by atoms with Gasteiger partial charge in [0.25, 0.3) is 0 Å². The Morgan fingerprint density at radius 2 is 2.19 bits per heavy atom. The molecule has 0 spiro atoms. The molecule has 0 bridgehead atoms. The standard InChI is InChI=1S/C20H27F3N4/c1-26(15-19-24-8-9-25-19)13-17-5-3-10-27(14-17)11-7-16-4-2-6-18(12-16)20(21,22)23/h2,4,6,8-9,12,17H,3,5,7,10-11,13-15H2,1H3,(H,24,25). The third-order valence-corrected chi connectivity index (χ3v) is 5.12. The van der Waals surface area contributed by atoms with Gasteiger partial charge in [0, 0.05) is 32.0 Å². The number of alkyl halides is 3. The number of imidazole rings is 1. The number of piperidine rings is 1. The van der Waals surface area contributed by atoms with Crippen molar-refractivity contribution in [1.29, 1.82) is 0 Å². The van der Waals surface area contributed by atoms with E-state index in [9.17, 15) is 13.2 Å². The molecule has 1 atom stereocenters. The van der Waals surface area contributed by atoms with Crippen LogP contribution in [0.4, 0.5) is 13.2 Å². The van der Waals surface area contributed by atoms with E-state index in [1.165, 1.54) is 18.6 Å². The first-order valence-corrected chi connectivity index (χ1v) is 9.45.